The summed E-state index contributed by atoms with van der Waals surface area (Å²) in [6, 6.07) is 2.34. The van der Waals surface area contributed by atoms with Gasteiger partial charge < -0.3 is 14.8 Å². The molecule has 3 amide bonds. The molecule has 0 aliphatic carbocycles. The van der Waals surface area contributed by atoms with Gasteiger partial charge >= 0.3 is 6.03 Å². The molecule has 0 unspecified atom stereocenters. The van der Waals surface area contributed by atoms with Crippen LogP contribution >= 0.6 is 11.6 Å². The second-order valence-corrected chi connectivity index (χ2v) is 10.2. The van der Waals surface area contributed by atoms with E-state index in [2.05, 4.69) is 10.3 Å². The number of aryl methyl sites for hydroxylation is 1. The molecule has 3 rings (SSSR count). The molecule has 3 N–H and O–H groups in total. The number of hydrazine groups is 1. The van der Waals surface area contributed by atoms with Crippen LogP contribution in [0.25, 0.3) is 11.3 Å². The summed E-state index contributed by atoms with van der Waals surface area (Å²) >= 11 is 5.94. The smallest absolute Gasteiger partial charge is 0.317 e. The molecule has 13 heteroatoms. The standard InChI is InChI=1S/C20H26ClFN6O4S/c1-4-23-20(30)28-7-12(2)14(8-28)10-33(31,32)26-25-19(29)15-5-13(6-16(21)18(15)22)17-9-27(3)11-24-17/h5-6,9,11-12,14,26H,4,7-8,10H2,1-3H3,(H,23,30)(H,25,29)/t12-,14+/m0/s1. The van der Waals surface area contributed by atoms with Gasteiger partial charge in [0.25, 0.3) is 5.91 Å². The number of sulfonamides is 1. The van der Waals surface area contributed by atoms with E-state index in [9.17, 15) is 22.4 Å². The van der Waals surface area contributed by atoms with Crippen LogP contribution in [0.3, 0.4) is 0 Å². The van der Waals surface area contributed by atoms with Crippen LogP contribution in [0.15, 0.2) is 24.7 Å². The van der Waals surface area contributed by atoms with Gasteiger partial charge in [-0.25, -0.2) is 22.6 Å². The number of rotatable bonds is 7. The van der Waals surface area contributed by atoms with Crippen molar-refractivity contribution >= 4 is 33.6 Å². The second-order valence-electron chi connectivity index (χ2n) is 8.06. The zero-order valence-corrected chi connectivity index (χ0v) is 20.0. The number of aromatic nitrogens is 2. The van der Waals surface area contributed by atoms with E-state index in [1.807, 2.05) is 17.2 Å². The van der Waals surface area contributed by atoms with Crippen molar-refractivity contribution in [3.8, 4) is 11.3 Å². The van der Waals surface area contributed by atoms with E-state index < -0.39 is 27.3 Å². The number of hydrogen-bond donors (Lipinski definition) is 3. The molecule has 0 radical (unpaired) electrons. The molecule has 33 heavy (non-hydrogen) atoms. The summed E-state index contributed by atoms with van der Waals surface area (Å²) in [6.45, 7) is 4.84. The summed E-state index contributed by atoms with van der Waals surface area (Å²) in [5, 5.41) is 2.39. The fourth-order valence-corrected chi connectivity index (χ4v) is 5.21. The van der Waals surface area contributed by atoms with Crippen molar-refractivity contribution in [1.82, 2.24) is 30.0 Å². The second kappa shape index (κ2) is 10.1. The van der Waals surface area contributed by atoms with E-state index in [-0.39, 0.29) is 35.2 Å². The quantitative estimate of drug-likeness (QED) is 0.499. The zero-order valence-electron chi connectivity index (χ0n) is 18.4. The van der Waals surface area contributed by atoms with Gasteiger partial charge in [0.05, 0.1) is 28.4 Å². The maximum atomic E-state index is 14.5. The van der Waals surface area contributed by atoms with Crippen molar-refractivity contribution in [2.45, 2.75) is 13.8 Å². The van der Waals surface area contributed by atoms with Gasteiger partial charge in [-0.05, 0) is 30.9 Å². The highest BCUT2D eigenvalue weighted by Crippen LogP contribution is 2.27. The van der Waals surface area contributed by atoms with Gasteiger partial charge in [0.2, 0.25) is 10.0 Å². The fourth-order valence-electron chi connectivity index (χ4n) is 3.66. The highest BCUT2D eigenvalue weighted by Gasteiger charge is 2.35. The van der Waals surface area contributed by atoms with Crippen molar-refractivity contribution in [3.05, 3.63) is 41.1 Å². The zero-order chi connectivity index (χ0) is 24.3. The summed E-state index contributed by atoms with van der Waals surface area (Å²) in [6.07, 6.45) is 3.21. The lowest BCUT2D eigenvalue weighted by molar-refractivity contribution is 0.0941. The Bertz CT molecular complexity index is 1160. The topological polar surface area (TPSA) is 125 Å². The predicted molar refractivity (Wildman–Crippen MR) is 121 cm³/mol. The van der Waals surface area contributed by atoms with E-state index in [4.69, 9.17) is 11.6 Å². The van der Waals surface area contributed by atoms with E-state index >= 15 is 0 Å². The highest BCUT2D eigenvalue weighted by atomic mass is 35.5. The van der Waals surface area contributed by atoms with Crippen molar-refractivity contribution in [2.75, 3.05) is 25.4 Å². The Hall–Kier alpha value is -2.70. The summed E-state index contributed by atoms with van der Waals surface area (Å²) in [7, 11) is -2.20. The van der Waals surface area contributed by atoms with Crippen molar-refractivity contribution in [3.63, 3.8) is 0 Å². The molecule has 1 aliphatic rings. The summed E-state index contributed by atoms with van der Waals surface area (Å²) in [5.41, 5.74) is 2.49. The van der Waals surface area contributed by atoms with Crippen molar-refractivity contribution in [1.29, 1.82) is 0 Å². The third-order valence-electron chi connectivity index (χ3n) is 5.41. The fraction of sp³-hybridized carbons (Fsp3) is 0.450. The first kappa shape index (κ1) is 24.9. The first-order valence-corrected chi connectivity index (χ1v) is 12.3. The van der Waals surface area contributed by atoms with Crippen LogP contribution in [0, 0.1) is 17.7 Å². The molecule has 1 aromatic heterocycles. The van der Waals surface area contributed by atoms with Gasteiger partial charge in [0.15, 0.2) is 5.82 Å². The van der Waals surface area contributed by atoms with Crippen molar-refractivity contribution in [2.24, 2.45) is 18.9 Å². The number of carbonyl (C=O) groups is 2. The van der Waals surface area contributed by atoms with Crippen LogP contribution in [-0.2, 0) is 17.1 Å². The molecule has 0 spiro atoms. The number of imidazole rings is 1. The molecule has 1 aromatic carbocycles. The van der Waals surface area contributed by atoms with E-state index in [0.29, 0.717) is 24.3 Å². The Kier molecular flexibility index (Phi) is 7.60. The molecule has 1 saturated heterocycles. The molecular weight excluding hydrogens is 475 g/mol. The van der Waals surface area contributed by atoms with E-state index in [1.54, 1.807) is 29.6 Å². The lowest BCUT2D eigenvalue weighted by Gasteiger charge is -2.17. The number of hydrogen-bond acceptors (Lipinski definition) is 5. The summed E-state index contributed by atoms with van der Waals surface area (Å²) in [4.78, 5) is 32.3. The van der Waals surface area contributed by atoms with E-state index in [1.165, 1.54) is 18.5 Å². The highest BCUT2D eigenvalue weighted by molar-refractivity contribution is 7.89. The minimum atomic E-state index is -3.96. The molecule has 1 fully saturated rings. The number of urea groups is 1. The van der Waals surface area contributed by atoms with Gasteiger partial charge in [0, 0.05) is 38.4 Å². The average molecular weight is 501 g/mol. The molecule has 0 saturated carbocycles. The lowest BCUT2D eigenvalue weighted by atomic mass is 10.0. The average Bonchev–Trinajstić information content (AvgIpc) is 3.34. The molecule has 2 heterocycles. The molecule has 0 bridgehead atoms. The van der Waals surface area contributed by atoms with Crippen LogP contribution in [0.5, 0.6) is 0 Å². The summed E-state index contributed by atoms with van der Waals surface area (Å²) < 4.78 is 41.2. The minimum Gasteiger partial charge on any atom is -0.340 e. The number of amides is 3. The molecule has 2 aromatic rings. The molecular formula is C20H26ClFN6O4S. The Balaban J connectivity index is 1.66. The van der Waals surface area contributed by atoms with Crippen LogP contribution in [0.2, 0.25) is 5.02 Å². The van der Waals surface area contributed by atoms with Gasteiger partial charge in [-0.3, -0.25) is 10.2 Å². The maximum absolute atomic E-state index is 14.5. The maximum Gasteiger partial charge on any atom is 0.317 e. The first-order chi connectivity index (χ1) is 15.5. The number of halogens is 2. The third kappa shape index (κ3) is 6.01. The lowest BCUT2D eigenvalue weighted by Crippen LogP contribution is -2.45. The Morgan fingerprint density at radius 1 is 1.30 bits per heavy atom. The van der Waals surface area contributed by atoms with Gasteiger partial charge in [-0.1, -0.05) is 18.5 Å². The normalized spacial score (nSPS) is 18.4. The van der Waals surface area contributed by atoms with Crippen LogP contribution in [0.4, 0.5) is 9.18 Å². The molecule has 10 nitrogen and oxygen atoms in total. The Morgan fingerprint density at radius 2 is 2.03 bits per heavy atom. The number of nitrogens with one attached hydrogen (secondary N) is 3. The summed E-state index contributed by atoms with van der Waals surface area (Å²) in [5.74, 6) is -2.65. The van der Waals surface area contributed by atoms with Gasteiger partial charge in [-0.2, -0.15) is 0 Å². The van der Waals surface area contributed by atoms with Crippen LogP contribution in [-0.4, -0.2) is 60.2 Å². The first-order valence-electron chi connectivity index (χ1n) is 10.3. The predicted octanol–water partition coefficient (Wildman–Crippen LogP) is 1.74. The Morgan fingerprint density at radius 3 is 2.67 bits per heavy atom. The molecule has 1 aliphatic heterocycles. The van der Waals surface area contributed by atoms with Crippen molar-refractivity contribution < 1.29 is 22.4 Å². The Labute approximate surface area is 196 Å². The van der Waals surface area contributed by atoms with E-state index in [0.717, 1.165) is 0 Å². The largest absolute Gasteiger partial charge is 0.340 e. The SMILES string of the molecule is CCNC(=O)N1C[C@H](CS(=O)(=O)NNC(=O)c2cc(-c3cn(C)cn3)cc(Cl)c2F)[C@@H](C)C1. The third-order valence-corrected chi connectivity index (χ3v) is 6.97. The number of carbonyl (C=O) groups excluding carboxylic acids is 2. The minimum absolute atomic E-state index is 0.0498. The van der Waals surface area contributed by atoms with Crippen LogP contribution < -0.4 is 15.6 Å². The monoisotopic (exact) mass is 500 g/mol. The molecule has 2 atom stereocenters. The number of likely N-dealkylation sites (tertiary alicyclic amines) is 1. The van der Waals surface area contributed by atoms with Crippen LogP contribution in [0.1, 0.15) is 24.2 Å². The van der Waals surface area contributed by atoms with Gasteiger partial charge in [0.1, 0.15) is 0 Å². The van der Waals surface area contributed by atoms with Gasteiger partial charge in [-0.15, -0.1) is 4.83 Å². The molecule has 180 valence electrons. The number of nitrogens with zero attached hydrogens (tertiary/aromatic N) is 3. The number of benzene rings is 1.